The average molecular weight is 333 g/mol. The summed E-state index contributed by atoms with van der Waals surface area (Å²) >= 11 is 0. The van der Waals surface area contributed by atoms with Crippen LogP contribution in [-0.4, -0.2) is 51.2 Å². The number of aliphatic imine (C=N–C) groups is 1. The summed E-state index contributed by atoms with van der Waals surface area (Å²) in [6, 6.07) is 5.52. The van der Waals surface area contributed by atoms with Crippen molar-refractivity contribution in [2.75, 3.05) is 34.4 Å². The standard InChI is InChI=1S/C18H27N3O3/c1-13-7-9-21(10-8-13)18(19-2)20-12-14-5-6-16(23-3)15(11-14)17(22)24-4/h5-6,11,13H,7-10,12H2,1-4H3,(H,19,20). The smallest absolute Gasteiger partial charge is 0.341 e. The molecule has 6 heteroatoms. The van der Waals surface area contributed by atoms with Gasteiger partial charge in [0.25, 0.3) is 0 Å². The lowest BCUT2D eigenvalue weighted by atomic mass is 9.99. The van der Waals surface area contributed by atoms with Crippen LogP contribution < -0.4 is 10.1 Å². The maximum absolute atomic E-state index is 11.9. The van der Waals surface area contributed by atoms with Gasteiger partial charge in [-0.2, -0.15) is 0 Å². The Bertz CT molecular complexity index is 593. The Morgan fingerprint density at radius 1 is 1.33 bits per heavy atom. The van der Waals surface area contributed by atoms with Gasteiger partial charge in [0.1, 0.15) is 11.3 Å². The van der Waals surface area contributed by atoms with Gasteiger partial charge >= 0.3 is 5.97 Å². The number of rotatable bonds is 4. The first-order valence-electron chi connectivity index (χ1n) is 8.29. The lowest BCUT2D eigenvalue weighted by Gasteiger charge is -2.33. The third-order valence-electron chi connectivity index (χ3n) is 4.41. The molecule has 0 amide bonds. The van der Waals surface area contributed by atoms with Crippen LogP contribution in [0, 0.1) is 5.92 Å². The van der Waals surface area contributed by atoms with Crippen LogP contribution in [0.2, 0.25) is 0 Å². The van der Waals surface area contributed by atoms with Gasteiger partial charge in [-0.15, -0.1) is 0 Å². The van der Waals surface area contributed by atoms with E-state index in [1.165, 1.54) is 20.0 Å². The molecule has 6 nitrogen and oxygen atoms in total. The molecule has 0 aliphatic carbocycles. The van der Waals surface area contributed by atoms with Gasteiger partial charge in [0.2, 0.25) is 0 Å². The van der Waals surface area contributed by atoms with E-state index in [1.807, 2.05) is 6.07 Å². The number of nitrogens with one attached hydrogen (secondary N) is 1. The minimum atomic E-state index is -0.400. The molecule has 0 aromatic heterocycles. The van der Waals surface area contributed by atoms with E-state index in [9.17, 15) is 4.79 Å². The van der Waals surface area contributed by atoms with E-state index in [0.29, 0.717) is 17.9 Å². The maximum Gasteiger partial charge on any atom is 0.341 e. The predicted octanol–water partition coefficient (Wildman–Crippen LogP) is 2.29. The highest BCUT2D eigenvalue weighted by molar-refractivity contribution is 5.92. The fraction of sp³-hybridized carbons (Fsp3) is 0.556. The van der Waals surface area contributed by atoms with Crippen LogP contribution in [0.5, 0.6) is 5.75 Å². The van der Waals surface area contributed by atoms with Crippen LogP contribution in [-0.2, 0) is 11.3 Å². The highest BCUT2D eigenvalue weighted by Gasteiger charge is 2.19. The normalized spacial score (nSPS) is 16.0. The summed E-state index contributed by atoms with van der Waals surface area (Å²) in [6.07, 6.45) is 2.38. The number of ether oxygens (including phenoxy) is 2. The summed E-state index contributed by atoms with van der Waals surface area (Å²) in [5, 5.41) is 3.37. The van der Waals surface area contributed by atoms with Gasteiger partial charge in [-0.1, -0.05) is 13.0 Å². The summed E-state index contributed by atoms with van der Waals surface area (Å²) in [5.74, 6) is 1.80. The third-order valence-corrected chi connectivity index (χ3v) is 4.41. The molecule has 1 aromatic rings. The van der Waals surface area contributed by atoms with Gasteiger partial charge in [-0.25, -0.2) is 4.79 Å². The first-order valence-corrected chi connectivity index (χ1v) is 8.29. The van der Waals surface area contributed by atoms with E-state index in [2.05, 4.69) is 22.1 Å². The second-order valence-corrected chi connectivity index (χ2v) is 6.10. The molecule has 1 aliphatic heterocycles. The van der Waals surface area contributed by atoms with E-state index in [4.69, 9.17) is 9.47 Å². The van der Waals surface area contributed by atoms with E-state index >= 15 is 0 Å². The molecular weight excluding hydrogens is 306 g/mol. The Hall–Kier alpha value is -2.24. The first kappa shape index (κ1) is 18.1. The molecule has 1 saturated heterocycles. The highest BCUT2D eigenvalue weighted by Crippen LogP contribution is 2.21. The van der Waals surface area contributed by atoms with Crippen molar-refractivity contribution in [2.45, 2.75) is 26.3 Å². The van der Waals surface area contributed by atoms with E-state index < -0.39 is 5.97 Å². The van der Waals surface area contributed by atoms with Gasteiger partial charge in [-0.3, -0.25) is 4.99 Å². The highest BCUT2D eigenvalue weighted by atomic mass is 16.5. The minimum absolute atomic E-state index is 0.400. The largest absolute Gasteiger partial charge is 0.496 e. The molecule has 0 unspecified atom stereocenters. The molecule has 2 rings (SSSR count). The zero-order valence-corrected chi connectivity index (χ0v) is 15.0. The van der Waals surface area contributed by atoms with Crippen LogP contribution in [0.25, 0.3) is 0 Å². The third kappa shape index (κ3) is 4.40. The molecular formula is C18H27N3O3. The van der Waals surface area contributed by atoms with Crippen molar-refractivity contribution in [3.8, 4) is 5.75 Å². The Balaban J connectivity index is 2.04. The number of carbonyl (C=O) groups is 1. The molecule has 0 saturated carbocycles. The Kier molecular flexibility index (Phi) is 6.46. The number of nitrogens with zero attached hydrogens (tertiary/aromatic N) is 2. The second-order valence-electron chi connectivity index (χ2n) is 6.10. The summed E-state index contributed by atoms with van der Waals surface area (Å²) in [5.41, 5.74) is 1.41. The molecule has 1 heterocycles. The van der Waals surface area contributed by atoms with Crippen LogP contribution in [0.4, 0.5) is 0 Å². The minimum Gasteiger partial charge on any atom is -0.496 e. The Labute approximate surface area is 143 Å². The monoisotopic (exact) mass is 333 g/mol. The Morgan fingerprint density at radius 2 is 2.04 bits per heavy atom. The summed E-state index contributed by atoms with van der Waals surface area (Å²) in [6.45, 7) is 4.93. The summed E-state index contributed by atoms with van der Waals surface area (Å²) in [4.78, 5) is 18.5. The van der Waals surface area contributed by atoms with Crippen molar-refractivity contribution in [3.63, 3.8) is 0 Å². The van der Waals surface area contributed by atoms with Crippen LogP contribution in [0.1, 0.15) is 35.7 Å². The van der Waals surface area contributed by atoms with Crippen molar-refractivity contribution in [1.29, 1.82) is 0 Å². The number of piperidine rings is 1. The number of guanidine groups is 1. The first-order chi connectivity index (χ1) is 11.6. The molecule has 1 aromatic carbocycles. The van der Waals surface area contributed by atoms with Gasteiger partial charge in [0.05, 0.1) is 14.2 Å². The zero-order chi connectivity index (χ0) is 17.5. The molecule has 0 bridgehead atoms. The lowest BCUT2D eigenvalue weighted by Crippen LogP contribution is -2.45. The topological polar surface area (TPSA) is 63.2 Å². The molecule has 0 atom stereocenters. The quantitative estimate of drug-likeness (QED) is 0.520. The fourth-order valence-corrected chi connectivity index (χ4v) is 2.87. The van der Waals surface area contributed by atoms with Crippen LogP contribution in [0.3, 0.4) is 0 Å². The van der Waals surface area contributed by atoms with Crippen molar-refractivity contribution in [1.82, 2.24) is 10.2 Å². The molecule has 24 heavy (non-hydrogen) atoms. The van der Waals surface area contributed by atoms with E-state index in [-0.39, 0.29) is 0 Å². The van der Waals surface area contributed by atoms with Crippen molar-refractivity contribution in [2.24, 2.45) is 10.9 Å². The number of likely N-dealkylation sites (tertiary alicyclic amines) is 1. The lowest BCUT2D eigenvalue weighted by molar-refractivity contribution is 0.0597. The van der Waals surface area contributed by atoms with Gasteiger partial charge < -0.3 is 19.7 Å². The number of esters is 1. The van der Waals surface area contributed by atoms with Gasteiger partial charge in [0.15, 0.2) is 5.96 Å². The van der Waals surface area contributed by atoms with Crippen LogP contribution in [0.15, 0.2) is 23.2 Å². The van der Waals surface area contributed by atoms with Crippen molar-refractivity contribution in [3.05, 3.63) is 29.3 Å². The Morgan fingerprint density at radius 3 is 2.62 bits per heavy atom. The number of methoxy groups -OCH3 is 2. The molecule has 1 N–H and O–H groups in total. The SMILES string of the molecule is CN=C(NCc1ccc(OC)c(C(=O)OC)c1)N1CCC(C)CC1. The zero-order valence-electron chi connectivity index (χ0n) is 15.0. The average Bonchev–Trinajstić information content (AvgIpc) is 2.62. The van der Waals surface area contributed by atoms with E-state index in [1.54, 1.807) is 26.3 Å². The summed E-state index contributed by atoms with van der Waals surface area (Å²) < 4.78 is 10.0. The number of hydrogen-bond donors (Lipinski definition) is 1. The fourth-order valence-electron chi connectivity index (χ4n) is 2.87. The molecule has 1 aliphatic rings. The van der Waals surface area contributed by atoms with Crippen molar-refractivity contribution >= 4 is 11.9 Å². The number of carbonyl (C=O) groups excluding carboxylic acids is 1. The van der Waals surface area contributed by atoms with Gasteiger partial charge in [0, 0.05) is 26.7 Å². The maximum atomic E-state index is 11.9. The molecule has 132 valence electrons. The predicted molar refractivity (Wildman–Crippen MR) is 94.5 cm³/mol. The van der Waals surface area contributed by atoms with Crippen molar-refractivity contribution < 1.29 is 14.3 Å². The molecule has 0 radical (unpaired) electrons. The number of benzene rings is 1. The summed E-state index contributed by atoms with van der Waals surface area (Å²) in [7, 11) is 4.71. The number of hydrogen-bond acceptors (Lipinski definition) is 4. The van der Waals surface area contributed by atoms with Gasteiger partial charge in [-0.05, 0) is 36.5 Å². The van der Waals surface area contributed by atoms with Crippen LogP contribution >= 0.6 is 0 Å². The second kappa shape index (κ2) is 8.57. The molecule has 1 fully saturated rings. The van der Waals surface area contributed by atoms with E-state index in [0.717, 1.165) is 30.5 Å². The molecule has 0 spiro atoms.